The summed E-state index contributed by atoms with van der Waals surface area (Å²) in [6.45, 7) is 0. The molecule has 0 heterocycles. The van der Waals surface area contributed by atoms with Gasteiger partial charge in [0.25, 0.3) is 5.69 Å². The Hall–Kier alpha value is -1.63. The Labute approximate surface area is 111 Å². The predicted molar refractivity (Wildman–Crippen MR) is 65.8 cm³/mol. The van der Waals surface area contributed by atoms with E-state index in [0.717, 1.165) is 12.8 Å². The molecule has 0 spiro atoms. The van der Waals surface area contributed by atoms with Crippen LogP contribution >= 0.6 is 15.9 Å². The van der Waals surface area contributed by atoms with Gasteiger partial charge < -0.3 is 9.47 Å². The third-order valence-corrected chi connectivity index (χ3v) is 3.09. The maximum absolute atomic E-state index is 11.5. The molecule has 1 aromatic rings. The molecule has 6 nitrogen and oxygen atoms in total. The van der Waals surface area contributed by atoms with Crippen LogP contribution in [0.4, 0.5) is 5.69 Å². The van der Waals surface area contributed by atoms with E-state index in [2.05, 4.69) is 20.7 Å². The average molecular weight is 316 g/mol. The monoisotopic (exact) mass is 315 g/mol. The summed E-state index contributed by atoms with van der Waals surface area (Å²) < 4.78 is 10.5. The summed E-state index contributed by atoms with van der Waals surface area (Å²) in [5, 5.41) is 10.9. The van der Waals surface area contributed by atoms with Crippen LogP contribution in [-0.4, -0.2) is 24.1 Å². The topological polar surface area (TPSA) is 78.7 Å². The van der Waals surface area contributed by atoms with Gasteiger partial charge in [-0.25, -0.2) is 4.79 Å². The molecule has 1 fully saturated rings. The van der Waals surface area contributed by atoms with Crippen molar-refractivity contribution >= 4 is 27.6 Å². The van der Waals surface area contributed by atoms with E-state index in [9.17, 15) is 14.9 Å². The highest BCUT2D eigenvalue weighted by Gasteiger charge is 2.28. The molecule has 2 rings (SSSR count). The van der Waals surface area contributed by atoms with Crippen molar-refractivity contribution in [3.63, 3.8) is 0 Å². The standard InChI is InChI=1S/C11H10BrNO5/c1-17-11(14)7-4-10(18-6-2-3-6)8(12)5-9(7)13(15)16/h4-6H,2-3H2,1H3. The van der Waals surface area contributed by atoms with E-state index in [0.29, 0.717) is 10.2 Å². The van der Waals surface area contributed by atoms with Gasteiger partial charge in [0.1, 0.15) is 11.3 Å². The maximum atomic E-state index is 11.5. The van der Waals surface area contributed by atoms with Crippen LogP contribution in [0.5, 0.6) is 5.75 Å². The van der Waals surface area contributed by atoms with Gasteiger partial charge in [-0.1, -0.05) is 0 Å². The number of carbonyl (C=O) groups excluding carboxylic acids is 1. The second-order valence-corrected chi connectivity index (χ2v) is 4.72. The van der Waals surface area contributed by atoms with Crippen LogP contribution in [0.15, 0.2) is 16.6 Å². The van der Waals surface area contributed by atoms with Gasteiger partial charge in [-0.3, -0.25) is 10.1 Å². The van der Waals surface area contributed by atoms with Gasteiger partial charge in [0.15, 0.2) is 0 Å². The Morgan fingerprint density at radius 1 is 1.50 bits per heavy atom. The van der Waals surface area contributed by atoms with E-state index in [4.69, 9.17) is 4.74 Å². The molecule has 0 atom stereocenters. The molecule has 0 bridgehead atoms. The van der Waals surface area contributed by atoms with Crippen molar-refractivity contribution in [2.24, 2.45) is 0 Å². The zero-order valence-electron chi connectivity index (χ0n) is 9.51. The lowest BCUT2D eigenvalue weighted by Gasteiger charge is -2.09. The second-order valence-electron chi connectivity index (χ2n) is 3.87. The van der Waals surface area contributed by atoms with Crippen LogP contribution in [0.25, 0.3) is 0 Å². The molecule has 0 aliphatic heterocycles. The van der Waals surface area contributed by atoms with E-state index < -0.39 is 10.9 Å². The number of halogens is 1. The van der Waals surface area contributed by atoms with Gasteiger partial charge in [0, 0.05) is 12.1 Å². The molecule has 1 aromatic carbocycles. The summed E-state index contributed by atoms with van der Waals surface area (Å²) in [4.78, 5) is 21.8. The largest absolute Gasteiger partial charge is 0.489 e. The molecular formula is C11H10BrNO5. The second kappa shape index (κ2) is 4.93. The summed E-state index contributed by atoms with van der Waals surface area (Å²) in [5.41, 5.74) is -0.418. The van der Waals surface area contributed by atoms with E-state index in [1.54, 1.807) is 0 Å². The normalized spacial score (nSPS) is 14.1. The first-order valence-corrected chi connectivity index (χ1v) is 6.05. The Kier molecular flexibility index (Phi) is 3.51. The van der Waals surface area contributed by atoms with Crippen LogP contribution in [0, 0.1) is 10.1 Å². The molecule has 0 N–H and O–H groups in total. The van der Waals surface area contributed by atoms with Crippen molar-refractivity contribution in [2.45, 2.75) is 18.9 Å². The number of ether oxygens (including phenoxy) is 2. The van der Waals surface area contributed by atoms with Crippen molar-refractivity contribution in [1.82, 2.24) is 0 Å². The summed E-state index contributed by atoms with van der Waals surface area (Å²) in [7, 11) is 1.18. The van der Waals surface area contributed by atoms with Crippen molar-refractivity contribution < 1.29 is 19.2 Å². The Balaban J connectivity index is 2.44. The maximum Gasteiger partial charge on any atom is 0.345 e. The first-order valence-electron chi connectivity index (χ1n) is 5.26. The summed E-state index contributed by atoms with van der Waals surface area (Å²) in [5.74, 6) is -0.335. The fourth-order valence-corrected chi connectivity index (χ4v) is 1.85. The fourth-order valence-electron chi connectivity index (χ4n) is 1.42. The van der Waals surface area contributed by atoms with Gasteiger partial charge in [-0.2, -0.15) is 0 Å². The summed E-state index contributed by atoms with van der Waals surface area (Å²) in [6, 6.07) is 2.59. The molecule has 96 valence electrons. The number of hydrogen-bond acceptors (Lipinski definition) is 5. The molecule has 7 heteroatoms. The number of benzene rings is 1. The van der Waals surface area contributed by atoms with Crippen molar-refractivity contribution in [2.75, 3.05) is 7.11 Å². The van der Waals surface area contributed by atoms with E-state index in [-0.39, 0.29) is 17.4 Å². The lowest BCUT2D eigenvalue weighted by atomic mass is 10.1. The smallest absolute Gasteiger partial charge is 0.345 e. The molecule has 0 saturated heterocycles. The molecule has 1 aliphatic carbocycles. The zero-order valence-corrected chi connectivity index (χ0v) is 11.1. The van der Waals surface area contributed by atoms with Crippen molar-refractivity contribution in [3.05, 3.63) is 32.3 Å². The van der Waals surface area contributed by atoms with Gasteiger partial charge in [-0.05, 0) is 28.8 Å². The highest BCUT2D eigenvalue weighted by Crippen LogP contribution is 2.36. The molecule has 0 amide bonds. The van der Waals surface area contributed by atoms with Gasteiger partial charge in [0.2, 0.25) is 0 Å². The van der Waals surface area contributed by atoms with E-state index in [1.807, 2.05) is 0 Å². The highest BCUT2D eigenvalue weighted by molar-refractivity contribution is 9.10. The van der Waals surface area contributed by atoms with Crippen LogP contribution in [-0.2, 0) is 4.74 Å². The van der Waals surface area contributed by atoms with Crippen molar-refractivity contribution in [3.8, 4) is 5.75 Å². The predicted octanol–water partition coefficient (Wildman–Crippen LogP) is 2.69. The Bertz CT molecular complexity index is 512. The van der Waals surface area contributed by atoms with E-state index >= 15 is 0 Å². The van der Waals surface area contributed by atoms with E-state index in [1.165, 1.54) is 19.2 Å². The third kappa shape index (κ3) is 2.61. The number of nitro groups is 1. The van der Waals surface area contributed by atoms with Crippen LogP contribution in [0.1, 0.15) is 23.2 Å². The molecule has 1 aliphatic rings. The number of methoxy groups -OCH3 is 1. The SMILES string of the molecule is COC(=O)c1cc(OC2CC2)c(Br)cc1[N+](=O)[O-]. The lowest BCUT2D eigenvalue weighted by Crippen LogP contribution is -2.07. The minimum atomic E-state index is -0.755. The van der Waals surface area contributed by atoms with Crippen molar-refractivity contribution in [1.29, 1.82) is 0 Å². The lowest BCUT2D eigenvalue weighted by molar-refractivity contribution is -0.385. The highest BCUT2D eigenvalue weighted by atomic mass is 79.9. The molecule has 0 unspecified atom stereocenters. The molecule has 0 aromatic heterocycles. The number of esters is 1. The number of nitro benzene ring substituents is 1. The zero-order chi connectivity index (χ0) is 13.3. The van der Waals surface area contributed by atoms with Crippen LogP contribution in [0.3, 0.4) is 0 Å². The molecule has 18 heavy (non-hydrogen) atoms. The Morgan fingerprint density at radius 3 is 2.67 bits per heavy atom. The molecular weight excluding hydrogens is 306 g/mol. The van der Waals surface area contributed by atoms with Gasteiger partial charge in [0.05, 0.1) is 22.6 Å². The number of carbonyl (C=O) groups is 1. The minimum Gasteiger partial charge on any atom is -0.489 e. The molecule has 1 saturated carbocycles. The molecule has 0 radical (unpaired) electrons. The van der Waals surface area contributed by atoms with Gasteiger partial charge >= 0.3 is 5.97 Å². The Morgan fingerprint density at radius 2 is 2.17 bits per heavy atom. The number of rotatable bonds is 4. The van der Waals surface area contributed by atoms with Crippen LogP contribution in [0.2, 0.25) is 0 Å². The average Bonchev–Trinajstić information content (AvgIpc) is 3.14. The number of hydrogen-bond donors (Lipinski definition) is 0. The third-order valence-electron chi connectivity index (χ3n) is 2.47. The van der Waals surface area contributed by atoms with Crippen LogP contribution < -0.4 is 4.74 Å². The first kappa shape index (κ1) is 12.8. The van der Waals surface area contributed by atoms with Gasteiger partial charge in [-0.15, -0.1) is 0 Å². The fraction of sp³-hybridized carbons (Fsp3) is 0.364. The summed E-state index contributed by atoms with van der Waals surface area (Å²) in [6.07, 6.45) is 2.04. The quantitative estimate of drug-likeness (QED) is 0.485. The summed E-state index contributed by atoms with van der Waals surface area (Å²) >= 11 is 3.20. The minimum absolute atomic E-state index is 0.110. The first-order chi connectivity index (χ1) is 8.52. The number of nitrogens with zero attached hydrogens (tertiary/aromatic N) is 1.